The Morgan fingerprint density at radius 3 is 2.71 bits per heavy atom. The molecule has 0 unspecified atom stereocenters. The van der Waals surface area contributed by atoms with Gasteiger partial charge in [-0.2, -0.15) is 4.98 Å². The molecule has 0 atom stereocenters. The summed E-state index contributed by atoms with van der Waals surface area (Å²) in [5.74, 6) is 1.49. The maximum atomic E-state index is 4.36. The molecule has 2 heterocycles. The third-order valence-corrected chi connectivity index (χ3v) is 2.25. The van der Waals surface area contributed by atoms with Gasteiger partial charge in [0.15, 0.2) is 0 Å². The fourth-order valence-corrected chi connectivity index (χ4v) is 1.36. The summed E-state index contributed by atoms with van der Waals surface area (Å²) < 4.78 is 0. The summed E-state index contributed by atoms with van der Waals surface area (Å²) in [5, 5.41) is 3.14. The van der Waals surface area contributed by atoms with E-state index in [0.717, 1.165) is 11.5 Å². The highest BCUT2D eigenvalue weighted by Gasteiger charge is 2.00. The lowest BCUT2D eigenvalue weighted by Gasteiger charge is -2.12. The minimum Gasteiger partial charge on any atom is -0.363 e. The molecule has 0 aliphatic rings. The Hall–Kier alpha value is -2.17. The quantitative estimate of drug-likeness (QED) is 0.862. The van der Waals surface area contributed by atoms with Crippen LogP contribution in [-0.4, -0.2) is 29.0 Å². The molecule has 2 aromatic heterocycles. The van der Waals surface area contributed by atoms with Gasteiger partial charge in [0.25, 0.3) is 0 Å². The summed E-state index contributed by atoms with van der Waals surface area (Å²) in [6.45, 7) is 0.623. The molecule has 5 heteroatoms. The second-order valence-corrected chi connectivity index (χ2v) is 3.81. The maximum absolute atomic E-state index is 4.36. The van der Waals surface area contributed by atoms with Gasteiger partial charge in [-0.15, -0.1) is 0 Å². The number of pyridine rings is 1. The zero-order valence-corrected chi connectivity index (χ0v) is 9.96. The number of aromatic nitrogens is 3. The van der Waals surface area contributed by atoms with Gasteiger partial charge in [-0.3, -0.25) is 4.98 Å². The molecule has 0 aromatic carbocycles. The fourth-order valence-electron chi connectivity index (χ4n) is 1.36. The topological polar surface area (TPSA) is 53.9 Å². The zero-order valence-electron chi connectivity index (χ0n) is 9.96. The van der Waals surface area contributed by atoms with Gasteiger partial charge in [0.05, 0.1) is 12.2 Å². The Morgan fingerprint density at radius 2 is 2.00 bits per heavy atom. The molecule has 1 N–H and O–H groups in total. The van der Waals surface area contributed by atoms with Crippen molar-refractivity contribution in [1.82, 2.24) is 15.0 Å². The molecule has 17 heavy (non-hydrogen) atoms. The Morgan fingerprint density at radius 1 is 1.12 bits per heavy atom. The van der Waals surface area contributed by atoms with Crippen molar-refractivity contribution in [3.05, 3.63) is 42.4 Å². The summed E-state index contributed by atoms with van der Waals surface area (Å²) in [4.78, 5) is 14.7. The predicted molar refractivity (Wildman–Crippen MR) is 67.9 cm³/mol. The monoisotopic (exact) mass is 229 g/mol. The highest BCUT2D eigenvalue weighted by molar-refractivity contribution is 5.40. The van der Waals surface area contributed by atoms with Crippen LogP contribution in [0.2, 0.25) is 0 Å². The molecule has 0 amide bonds. The third kappa shape index (κ3) is 3.14. The minimum atomic E-state index is 0.613. The SMILES string of the molecule is CN(C)c1ccnc(NCc2ccccn2)n1. The molecule has 0 bridgehead atoms. The molecular formula is C12H15N5. The predicted octanol–water partition coefficient (Wildman–Crippen LogP) is 1.55. The van der Waals surface area contributed by atoms with Crippen LogP contribution in [0.3, 0.4) is 0 Å². The molecule has 0 saturated carbocycles. The lowest BCUT2D eigenvalue weighted by molar-refractivity contribution is 0.981. The van der Waals surface area contributed by atoms with Crippen LogP contribution in [0.4, 0.5) is 11.8 Å². The second-order valence-electron chi connectivity index (χ2n) is 3.81. The molecule has 0 saturated heterocycles. The average Bonchev–Trinajstić information content (AvgIpc) is 2.38. The summed E-state index contributed by atoms with van der Waals surface area (Å²) in [6, 6.07) is 7.68. The molecule has 88 valence electrons. The number of nitrogens with one attached hydrogen (secondary N) is 1. The summed E-state index contributed by atoms with van der Waals surface area (Å²) in [5.41, 5.74) is 0.964. The number of rotatable bonds is 4. The number of hydrogen-bond acceptors (Lipinski definition) is 5. The summed E-state index contributed by atoms with van der Waals surface area (Å²) in [6.07, 6.45) is 3.51. The molecule has 0 aliphatic carbocycles. The molecule has 0 radical (unpaired) electrons. The van der Waals surface area contributed by atoms with Crippen LogP contribution in [0.1, 0.15) is 5.69 Å². The van der Waals surface area contributed by atoms with Gasteiger partial charge in [-0.1, -0.05) is 6.07 Å². The standard InChI is InChI=1S/C12H15N5/c1-17(2)11-6-8-14-12(16-11)15-9-10-5-3-4-7-13-10/h3-8H,9H2,1-2H3,(H,14,15,16). The highest BCUT2D eigenvalue weighted by atomic mass is 15.2. The first kappa shape index (κ1) is 11.3. The van der Waals surface area contributed by atoms with Crippen molar-refractivity contribution in [1.29, 1.82) is 0 Å². The Labute approximate surface area is 101 Å². The smallest absolute Gasteiger partial charge is 0.224 e. The van der Waals surface area contributed by atoms with E-state index in [1.54, 1.807) is 12.4 Å². The first-order valence-electron chi connectivity index (χ1n) is 5.40. The Balaban J connectivity index is 2.02. The van der Waals surface area contributed by atoms with E-state index in [4.69, 9.17) is 0 Å². The van der Waals surface area contributed by atoms with Crippen LogP contribution < -0.4 is 10.2 Å². The molecule has 5 nitrogen and oxygen atoms in total. The van der Waals surface area contributed by atoms with Gasteiger partial charge in [0, 0.05) is 26.5 Å². The van der Waals surface area contributed by atoms with E-state index in [2.05, 4.69) is 20.3 Å². The minimum absolute atomic E-state index is 0.613. The lowest BCUT2D eigenvalue weighted by Crippen LogP contribution is -2.12. The van der Waals surface area contributed by atoms with E-state index >= 15 is 0 Å². The Kier molecular flexibility index (Phi) is 3.49. The first-order chi connectivity index (χ1) is 8.25. The van der Waals surface area contributed by atoms with Gasteiger partial charge in [-0.05, 0) is 18.2 Å². The van der Waals surface area contributed by atoms with Gasteiger partial charge in [0.2, 0.25) is 5.95 Å². The lowest BCUT2D eigenvalue weighted by atomic mass is 10.3. The van der Waals surface area contributed by atoms with Crippen molar-refractivity contribution in [3.8, 4) is 0 Å². The first-order valence-corrected chi connectivity index (χ1v) is 5.40. The van der Waals surface area contributed by atoms with Gasteiger partial charge >= 0.3 is 0 Å². The van der Waals surface area contributed by atoms with E-state index in [9.17, 15) is 0 Å². The number of hydrogen-bond donors (Lipinski definition) is 1. The van der Waals surface area contributed by atoms with Crippen molar-refractivity contribution in [2.75, 3.05) is 24.3 Å². The molecule has 2 rings (SSSR count). The van der Waals surface area contributed by atoms with E-state index < -0.39 is 0 Å². The van der Waals surface area contributed by atoms with Crippen molar-refractivity contribution in [2.24, 2.45) is 0 Å². The van der Waals surface area contributed by atoms with E-state index in [0.29, 0.717) is 12.5 Å². The van der Waals surface area contributed by atoms with Gasteiger partial charge in [-0.25, -0.2) is 4.98 Å². The van der Waals surface area contributed by atoms with Crippen LogP contribution in [-0.2, 0) is 6.54 Å². The maximum Gasteiger partial charge on any atom is 0.224 e. The molecular weight excluding hydrogens is 214 g/mol. The Bertz CT molecular complexity index is 469. The molecule has 0 spiro atoms. The van der Waals surface area contributed by atoms with Gasteiger partial charge < -0.3 is 10.2 Å². The summed E-state index contributed by atoms with van der Waals surface area (Å²) in [7, 11) is 3.90. The number of anilines is 2. The average molecular weight is 229 g/mol. The van der Waals surface area contributed by atoms with Crippen LogP contribution >= 0.6 is 0 Å². The fraction of sp³-hybridized carbons (Fsp3) is 0.250. The van der Waals surface area contributed by atoms with Crippen LogP contribution in [0, 0.1) is 0 Å². The van der Waals surface area contributed by atoms with Crippen molar-refractivity contribution >= 4 is 11.8 Å². The number of nitrogens with zero attached hydrogens (tertiary/aromatic N) is 4. The van der Waals surface area contributed by atoms with E-state index in [1.807, 2.05) is 43.3 Å². The van der Waals surface area contributed by atoms with Crippen LogP contribution in [0.25, 0.3) is 0 Å². The van der Waals surface area contributed by atoms with Crippen LogP contribution in [0.5, 0.6) is 0 Å². The zero-order chi connectivity index (χ0) is 12.1. The largest absolute Gasteiger partial charge is 0.363 e. The molecule has 0 fully saturated rings. The highest BCUT2D eigenvalue weighted by Crippen LogP contribution is 2.08. The third-order valence-electron chi connectivity index (χ3n) is 2.25. The molecule has 0 aliphatic heterocycles. The van der Waals surface area contributed by atoms with Crippen molar-refractivity contribution in [3.63, 3.8) is 0 Å². The van der Waals surface area contributed by atoms with Crippen LogP contribution in [0.15, 0.2) is 36.7 Å². The normalized spacial score (nSPS) is 10.0. The van der Waals surface area contributed by atoms with Gasteiger partial charge in [0.1, 0.15) is 5.82 Å². The van der Waals surface area contributed by atoms with E-state index in [-0.39, 0.29) is 0 Å². The van der Waals surface area contributed by atoms with Crippen molar-refractivity contribution in [2.45, 2.75) is 6.54 Å². The molecule has 2 aromatic rings. The second kappa shape index (κ2) is 5.25. The van der Waals surface area contributed by atoms with Crippen molar-refractivity contribution < 1.29 is 0 Å². The van der Waals surface area contributed by atoms with E-state index in [1.165, 1.54) is 0 Å². The summed E-state index contributed by atoms with van der Waals surface area (Å²) >= 11 is 0.